The van der Waals surface area contributed by atoms with Gasteiger partial charge in [0.2, 0.25) is 10.0 Å². The van der Waals surface area contributed by atoms with E-state index in [4.69, 9.17) is 9.47 Å². The quantitative estimate of drug-likeness (QED) is 0.780. The topological polar surface area (TPSA) is 59.1 Å². The van der Waals surface area contributed by atoms with E-state index in [-0.39, 0.29) is 18.0 Å². The van der Waals surface area contributed by atoms with Gasteiger partial charge in [-0.05, 0) is 12.6 Å². The second kappa shape index (κ2) is 7.84. The lowest BCUT2D eigenvalue weighted by molar-refractivity contribution is 0.160. The molecule has 1 saturated heterocycles. The zero-order valence-corrected chi connectivity index (χ0v) is 16.4. The molecule has 0 saturated carbocycles. The summed E-state index contributed by atoms with van der Waals surface area (Å²) in [6, 6.07) is 11.2. The number of rotatable bonds is 5. The lowest BCUT2D eigenvalue weighted by Crippen LogP contribution is -2.49. The third-order valence-corrected chi connectivity index (χ3v) is 6.67. The summed E-state index contributed by atoms with van der Waals surface area (Å²) in [6.07, 6.45) is 0. The van der Waals surface area contributed by atoms with Gasteiger partial charge in [-0.3, -0.25) is 0 Å². The molecular formula is C19H23FN2O4S. The van der Waals surface area contributed by atoms with Crippen LogP contribution in [0.25, 0.3) is 0 Å². The highest BCUT2D eigenvalue weighted by atomic mass is 32.2. The van der Waals surface area contributed by atoms with E-state index in [0.29, 0.717) is 13.1 Å². The molecule has 1 aliphatic rings. The molecule has 6 nitrogen and oxygen atoms in total. The van der Waals surface area contributed by atoms with Gasteiger partial charge >= 0.3 is 0 Å². The Morgan fingerprint density at radius 1 is 1.04 bits per heavy atom. The number of nitrogens with zero attached hydrogens (tertiary/aromatic N) is 2. The largest absolute Gasteiger partial charge is 0.493 e. The molecule has 3 rings (SSSR count). The molecule has 0 N–H and O–H groups in total. The standard InChI is InChI=1S/C19H23FN2O4S/c1-21-9-10-22(16(13-21)14-7-5-4-6-8-14)27(23,24)19-12-18(26-3)17(25-2)11-15(19)20/h4-8,11-12,16H,9-10,13H2,1-3H3. The highest BCUT2D eigenvalue weighted by molar-refractivity contribution is 7.89. The monoisotopic (exact) mass is 394 g/mol. The van der Waals surface area contributed by atoms with Crippen molar-refractivity contribution in [1.29, 1.82) is 0 Å². The fourth-order valence-electron chi connectivity index (χ4n) is 3.30. The summed E-state index contributed by atoms with van der Waals surface area (Å²) in [6.45, 7) is 1.36. The molecule has 2 aromatic rings. The van der Waals surface area contributed by atoms with Crippen LogP contribution >= 0.6 is 0 Å². The van der Waals surface area contributed by atoms with Crippen LogP contribution in [0.4, 0.5) is 4.39 Å². The molecule has 0 aliphatic carbocycles. The Morgan fingerprint density at radius 2 is 1.67 bits per heavy atom. The summed E-state index contributed by atoms with van der Waals surface area (Å²) >= 11 is 0. The van der Waals surface area contributed by atoms with Crippen LogP contribution in [-0.4, -0.2) is 58.5 Å². The Balaban J connectivity index is 2.07. The van der Waals surface area contributed by atoms with Crippen LogP contribution in [0.2, 0.25) is 0 Å². The highest BCUT2D eigenvalue weighted by Crippen LogP contribution is 2.36. The van der Waals surface area contributed by atoms with E-state index in [0.717, 1.165) is 11.6 Å². The van der Waals surface area contributed by atoms with Crippen molar-refractivity contribution in [1.82, 2.24) is 9.21 Å². The Bertz CT molecular complexity index is 905. The van der Waals surface area contributed by atoms with Crippen molar-refractivity contribution in [2.24, 2.45) is 0 Å². The van der Waals surface area contributed by atoms with E-state index < -0.39 is 26.8 Å². The number of hydrogen-bond acceptors (Lipinski definition) is 5. The molecule has 1 fully saturated rings. The van der Waals surface area contributed by atoms with E-state index in [1.807, 2.05) is 37.4 Å². The van der Waals surface area contributed by atoms with Gasteiger partial charge in [0.05, 0.1) is 20.3 Å². The fourth-order valence-corrected chi connectivity index (χ4v) is 4.96. The van der Waals surface area contributed by atoms with Gasteiger partial charge in [0.25, 0.3) is 0 Å². The van der Waals surface area contributed by atoms with E-state index in [1.54, 1.807) is 0 Å². The van der Waals surface area contributed by atoms with Crippen molar-refractivity contribution in [2.45, 2.75) is 10.9 Å². The second-order valence-corrected chi connectivity index (χ2v) is 8.30. The first-order valence-corrected chi connectivity index (χ1v) is 9.99. The first-order chi connectivity index (χ1) is 12.9. The summed E-state index contributed by atoms with van der Waals surface area (Å²) in [4.78, 5) is 1.65. The molecule has 0 aromatic heterocycles. The molecule has 146 valence electrons. The average molecular weight is 394 g/mol. The van der Waals surface area contributed by atoms with Crippen LogP contribution < -0.4 is 9.47 Å². The molecule has 1 atom stereocenters. The minimum atomic E-state index is -4.07. The zero-order valence-electron chi connectivity index (χ0n) is 15.6. The van der Waals surface area contributed by atoms with Gasteiger partial charge in [0.1, 0.15) is 10.7 Å². The Morgan fingerprint density at radius 3 is 2.30 bits per heavy atom. The first kappa shape index (κ1) is 19.6. The Labute approximate surface area is 159 Å². The summed E-state index contributed by atoms with van der Waals surface area (Å²) in [5, 5.41) is 0. The maximum atomic E-state index is 14.7. The number of likely N-dealkylation sites (N-methyl/N-ethyl adjacent to an activating group) is 1. The average Bonchev–Trinajstić information content (AvgIpc) is 2.67. The summed E-state index contributed by atoms with van der Waals surface area (Å²) < 4.78 is 52.9. The van der Waals surface area contributed by atoms with Gasteiger partial charge in [-0.2, -0.15) is 4.31 Å². The minimum absolute atomic E-state index is 0.145. The van der Waals surface area contributed by atoms with Crippen LogP contribution in [0.15, 0.2) is 47.4 Å². The lowest BCUT2D eigenvalue weighted by atomic mass is 10.1. The second-order valence-electron chi connectivity index (χ2n) is 6.44. The smallest absolute Gasteiger partial charge is 0.246 e. The van der Waals surface area contributed by atoms with E-state index >= 15 is 0 Å². The molecule has 0 bridgehead atoms. The van der Waals surface area contributed by atoms with Crippen molar-refractivity contribution >= 4 is 10.0 Å². The van der Waals surface area contributed by atoms with Crippen LogP contribution in [-0.2, 0) is 10.0 Å². The third-order valence-electron chi connectivity index (χ3n) is 4.74. The first-order valence-electron chi connectivity index (χ1n) is 8.55. The Kier molecular flexibility index (Phi) is 5.69. The SMILES string of the molecule is COc1cc(F)c(S(=O)(=O)N2CCN(C)CC2c2ccccc2)cc1OC. The van der Waals surface area contributed by atoms with Crippen molar-refractivity contribution in [3.8, 4) is 11.5 Å². The number of hydrogen-bond donors (Lipinski definition) is 0. The number of ether oxygens (including phenoxy) is 2. The van der Waals surface area contributed by atoms with Gasteiger partial charge in [-0.25, -0.2) is 12.8 Å². The number of methoxy groups -OCH3 is 2. The van der Waals surface area contributed by atoms with Crippen molar-refractivity contribution in [3.63, 3.8) is 0 Å². The predicted octanol–water partition coefficient (Wildman–Crippen LogP) is 2.52. The van der Waals surface area contributed by atoms with Crippen molar-refractivity contribution < 1.29 is 22.3 Å². The molecule has 0 radical (unpaired) electrons. The zero-order chi connectivity index (χ0) is 19.6. The molecule has 0 amide bonds. The van der Waals surface area contributed by atoms with Gasteiger partial charge < -0.3 is 14.4 Å². The number of piperazine rings is 1. The number of sulfonamides is 1. The summed E-state index contributed by atoms with van der Waals surface area (Å²) in [7, 11) is 0.623. The maximum Gasteiger partial charge on any atom is 0.246 e. The van der Waals surface area contributed by atoms with Crippen LogP contribution in [0, 0.1) is 5.82 Å². The van der Waals surface area contributed by atoms with Crippen molar-refractivity contribution in [2.75, 3.05) is 40.9 Å². The number of benzene rings is 2. The van der Waals surface area contributed by atoms with Crippen molar-refractivity contribution in [3.05, 3.63) is 53.8 Å². The molecule has 1 heterocycles. The van der Waals surface area contributed by atoms with Gasteiger partial charge in [0, 0.05) is 31.8 Å². The molecule has 8 heteroatoms. The molecule has 0 spiro atoms. The summed E-state index contributed by atoms with van der Waals surface area (Å²) in [5.41, 5.74) is 0.869. The van der Waals surface area contributed by atoms with Gasteiger partial charge in [0.15, 0.2) is 11.5 Å². The minimum Gasteiger partial charge on any atom is -0.493 e. The predicted molar refractivity (Wildman–Crippen MR) is 100 cm³/mol. The van der Waals surface area contributed by atoms with E-state index in [1.165, 1.54) is 24.6 Å². The van der Waals surface area contributed by atoms with Crippen LogP contribution in [0.5, 0.6) is 11.5 Å². The Hall–Kier alpha value is -2.16. The normalized spacial score (nSPS) is 19.0. The molecule has 1 unspecified atom stereocenters. The maximum absolute atomic E-state index is 14.7. The molecule has 2 aromatic carbocycles. The van der Waals surface area contributed by atoms with Crippen LogP contribution in [0.3, 0.4) is 0 Å². The van der Waals surface area contributed by atoms with E-state index in [9.17, 15) is 12.8 Å². The van der Waals surface area contributed by atoms with Gasteiger partial charge in [-0.15, -0.1) is 0 Å². The van der Waals surface area contributed by atoms with Gasteiger partial charge in [-0.1, -0.05) is 30.3 Å². The molecule has 27 heavy (non-hydrogen) atoms. The number of halogens is 1. The summed E-state index contributed by atoms with van der Waals surface area (Å²) in [5.74, 6) is -0.548. The third kappa shape index (κ3) is 3.78. The van der Waals surface area contributed by atoms with E-state index in [2.05, 4.69) is 4.90 Å². The molecular weight excluding hydrogens is 371 g/mol. The lowest BCUT2D eigenvalue weighted by Gasteiger charge is -2.39. The molecule has 1 aliphatic heterocycles. The van der Waals surface area contributed by atoms with Crippen LogP contribution in [0.1, 0.15) is 11.6 Å². The highest BCUT2D eigenvalue weighted by Gasteiger charge is 2.38. The fraction of sp³-hybridized carbons (Fsp3) is 0.368.